The lowest BCUT2D eigenvalue weighted by Crippen LogP contribution is -2.27. The van der Waals surface area contributed by atoms with Crippen molar-refractivity contribution in [2.45, 2.75) is 97.7 Å². The number of rotatable bonds is 12. The van der Waals surface area contributed by atoms with Gasteiger partial charge < -0.3 is 9.84 Å². The Labute approximate surface area is 223 Å². The van der Waals surface area contributed by atoms with Crippen LogP contribution in [0.3, 0.4) is 0 Å². The third-order valence-corrected chi connectivity index (χ3v) is 8.29. The van der Waals surface area contributed by atoms with Gasteiger partial charge in [-0.1, -0.05) is 70.2 Å². The third kappa shape index (κ3) is 6.67. The summed E-state index contributed by atoms with van der Waals surface area (Å²) in [6, 6.07) is 17.8. The average Bonchev–Trinajstić information content (AvgIpc) is 2.92. The van der Waals surface area contributed by atoms with Crippen molar-refractivity contribution in [2.24, 2.45) is 0 Å². The lowest BCUT2D eigenvalue weighted by Gasteiger charge is -2.34. The molecule has 0 aliphatic carbocycles. The molecule has 0 unspecified atom stereocenters. The first-order chi connectivity index (χ1) is 17.7. The predicted octanol–water partition coefficient (Wildman–Crippen LogP) is 7.71. The number of pyridine rings is 1. The average molecular weight is 502 g/mol. The van der Waals surface area contributed by atoms with E-state index in [9.17, 15) is 9.90 Å². The number of aromatic nitrogens is 1. The van der Waals surface area contributed by atoms with Crippen molar-refractivity contribution in [3.63, 3.8) is 0 Å². The van der Waals surface area contributed by atoms with Crippen LogP contribution >= 0.6 is 0 Å². The molecule has 4 heteroatoms. The zero-order valence-electron chi connectivity index (χ0n) is 23.4. The highest BCUT2D eigenvalue weighted by Crippen LogP contribution is 2.40. The smallest absolute Gasteiger partial charge is 0.302 e. The van der Waals surface area contributed by atoms with Crippen LogP contribution in [0.5, 0.6) is 0 Å². The van der Waals surface area contributed by atoms with Crippen molar-refractivity contribution >= 4 is 5.97 Å². The SMILES string of the molecule is CCC(O)(CC)CCc1ccc(C(CC)(CC)c2ccc(-c3cncc(COC(C)=O)c3)cc2)cc1C. The number of aliphatic hydroxyl groups is 1. The number of hydrogen-bond acceptors (Lipinski definition) is 4. The second-order valence-corrected chi connectivity index (χ2v) is 10.3. The lowest BCUT2D eigenvalue weighted by molar-refractivity contribution is -0.142. The Kier molecular flexibility index (Phi) is 9.67. The fourth-order valence-corrected chi connectivity index (χ4v) is 5.37. The van der Waals surface area contributed by atoms with E-state index in [1.807, 2.05) is 12.3 Å². The Balaban J connectivity index is 1.87. The van der Waals surface area contributed by atoms with Gasteiger partial charge in [0.15, 0.2) is 0 Å². The van der Waals surface area contributed by atoms with Gasteiger partial charge in [0.1, 0.15) is 6.61 Å². The number of carbonyl (C=O) groups is 1. The van der Waals surface area contributed by atoms with E-state index in [0.717, 1.165) is 55.2 Å². The first-order valence-electron chi connectivity index (χ1n) is 13.7. The first-order valence-corrected chi connectivity index (χ1v) is 13.7. The number of esters is 1. The minimum absolute atomic E-state index is 0.0647. The second-order valence-electron chi connectivity index (χ2n) is 10.3. The summed E-state index contributed by atoms with van der Waals surface area (Å²) in [5.41, 5.74) is 7.61. The summed E-state index contributed by atoms with van der Waals surface area (Å²) in [7, 11) is 0. The van der Waals surface area contributed by atoms with Crippen molar-refractivity contribution in [2.75, 3.05) is 0 Å². The van der Waals surface area contributed by atoms with Crippen LogP contribution in [0.15, 0.2) is 60.9 Å². The first kappa shape index (κ1) is 28.6. The molecule has 4 nitrogen and oxygen atoms in total. The Bertz CT molecular complexity index is 1170. The third-order valence-electron chi connectivity index (χ3n) is 8.29. The zero-order chi connectivity index (χ0) is 27.1. The van der Waals surface area contributed by atoms with Gasteiger partial charge in [0.25, 0.3) is 0 Å². The molecule has 2 aromatic carbocycles. The molecule has 0 saturated carbocycles. The molecule has 0 aliphatic heterocycles. The fraction of sp³-hybridized carbons (Fsp3) is 0.455. The van der Waals surface area contributed by atoms with Crippen LogP contribution in [0.1, 0.15) is 94.5 Å². The van der Waals surface area contributed by atoms with Crippen molar-refractivity contribution < 1.29 is 14.6 Å². The molecule has 3 rings (SSSR count). The van der Waals surface area contributed by atoms with Crippen molar-refractivity contribution in [3.05, 3.63) is 88.7 Å². The highest BCUT2D eigenvalue weighted by Gasteiger charge is 2.31. The van der Waals surface area contributed by atoms with E-state index < -0.39 is 5.60 Å². The summed E-state index contributed by atoms with van der Waals surface area (Å²) >= 11 is 0. The van der Waals surface area contributed by atoms with E-state index in [-0.39, 0.29) is 18.0 Å². The Morgan fingerprint density at radius 3 is 2.08 bits per heavy atom. The largest absolute Gasteiger partial charge is 0.461 e. The number of hydrogen-bond donors (Lipinski definition) is 1. The van der Waals surface area contributed by atoms with Crippen LogP contribution in [0.25, 0.3) is 11.1 Å². The lowest BCUT2D eigenvalue weighted by atomic mass is 9.70. The molecule has 0 fully saturated rings. The molecule has 1 aromatic heterocycles. The monoisotopic (exact) mass is 501 g/mol. The van der Waals surface area contributed by atoms with E-state index in [1.165, 1.54) is 29.2 Å². The maximum Gasteiger partial charge on any atom is 0.302 e. The minimum Gasteiger partial charge on any atom is -0.461 e. The summed E-state index contributed by atoms with van der Waals surface area (Å²) in [6.07, 6.45) is 8.87. The Morgan fingerprint density at radius 2 is 1.51 bits per heavy atom. The van der Waals surface area contributed by atoms with Crippen LogP contribution in [0.2, 0.25) is 0 Å². The maximum atomic E-state index is 11.2. The molecule has 0 amide bonds. The molecule has 1 N–H and O–H groups in total. The summed E-state index contributed by atoms with van der Waals surface area (Å²) in [4.78, 5) is 15.5. The van der Waals surface area contributed by atoms with E-state index in [1.54, 1.807) is 6.20 Å². The molecule has 0 spiro atoms. The summed E-state index contributed by atoms with van der Waals surface area (Å²) in [5.74, 6) is -0.295. The van der Waals surface area contributed by atoms with Gasteiger partial charge in [-0.15, -0.1) is 0 Å². The summed E-state index contributed by atoms with van der Waals surface area (Å²) < 4.78 is 5.13. The predicted molar refractivity (Wildman–Crippen MR) is 152 cm³/mol. The summed E-state index contributed by atoms with van der Waals surface area (Å²) in [5, 5.41) is 10.7. The summed E-state index contributed by atoms with van der Waals surface area (Å²) in [6.45, 7) is 12.5. The topological polar surface area (TPSA) is 59.4 Å². The van der Waals surface area contributed by atoms with E-state index in [4.69, 9.17) is 4.74 Å². The maximum absolute atomic E-state index is 11.2. The van der Waals surface area contributed by atoms with Gasteiger partial charge in [-0.3, -0.25) is 9.78 Å². The standard InChI is InChI=1S/C33H43NO3/c1-7-32(36,8-2)18-17-27-11-16-31(19-24(27)5)33(9-3,10-4)30-14-12-28(13-15-30)29-20-26(21-34-22-29)23-37-25(6)35/h11-16,19-22,36H,7-10,17-18,23H2,1-6H3. The molecule has 0 aliphatic rings. The molecule has 0 saturated heterocycles. The van der Waals surface area contributed by atoms with Crippen molar-refractivity contribution in [3.8, 4) is 11.1 Å². The molecular weight excluding hydrogens is 458 g/mol. The second kappa shape index (κ2) is 12.5. The van der Waals surface area contributed by atoms with Gasteiger partial charge in [-0.05, 0) is 79.3 Å². The van der Waals surface area contributed by atoms with Crippen molar-refractivity contribution in [1.29, 1.82) is 0 Å². The molecule has 0 atom stereocenters. The molecule has 1 heterocycles. The molecule has 0 bridgehead atoms. The van der Waals surface area contributed by atoms with Crippen LogP contribution in [-0.4, -0.2) is 21.7 Å². The Hall–Kier alpha value is -2.98. The normalized spacial score (nSPS) is 12.0. The minimum atomic E-state index is -0.570. The molecular formula is C33H43NO3. The van der Waals surface area contributed by atoms with Crippen LogP contribution in [0, 0.1) is 6.92 Å². The fourth-order valence-electron chi connectivity index (χ4n) is 5.37. The van der Waals surface area contributed by atoms with Gasteiger partial charge in [-0.25, -0.2) is 0 Å². The van der Waals surface area contributed by atoms with Gasteiger partial charge in [0.2, 0.25) is 0 Å². The van der Waals surface area contributed by atoms with Crippen molar-refractivity contribution in [1.82, 2.24) is 4.98 Å². The van der Waals surface area contributed by atoms with Crippen LogP contribution < -0.4 is 0 Å². The highest BCUT2D eigenvalue weighted by molar-refractivity contribution is 5.66. The van der Waals surface area contributed by atoms with Gasteiger partial charge in [0, 0.05) is 35.9 Å². The quantitative estimate of drug-likeness (QED) is 0.258. The van der Waals surface area contributed by atoms with Crippen LogP contribution in [-0.2, 0) is 28.0 Å². The highest BCUT2D eigenvalue weighted by atomic mass is 16.5. The number of aryl methyl sites for hydroxylation is 2. The molecule has 3 aromatic rings. The molecule has 198 valence electrons. The number of nitrogens with zero attached hydrogens (tertiary/aromatic N) is 1. The number of ether oxygens (including phenoxy) is 1. The van der Waals surface area contributed by atoms with Crippen LogP contribution in [0.4, 0.5) is 0 Å². The number of benzene rings is 2. The Morgan fingerprint density at radius 1 is 0.865 bits per heavy atom. The number of carbonyl (C=O) groups excluding carboxylic acids is 1. The van der Waals surface area contributed by atoms with E-state index >= 15 is 0 Å². The van der Waals surface area contributed by atoms with Gasteiger partial charge in [-0.2, -0.15) is 0 Å². The van der Waals surface area contributed by atoms with Gasteiger partial charge in [0.05, 0.1) is 5.60 Å². The zero-order valence-corrected chi connectivity index (χ0v) is 23.4. The van der Waals surface area contributed by atoms with Gasteiger partial charge >= 0.3 is 5.97 Å². The van der Waals surface area contributed by atoms with E-state index in [0.29, 0.717) is 0 Å². The molecule has 37 heavy (non-hydrogen) atoms. The molecule has 0 radical (unpaired) electrons. The van der Waals surface area contributed by atoms with E-state index in [2.05, 4.69) is 82.1 Å².